The average molecular weight is 431 g/mol. The zero-order valence-corrected chi connectivity index (χ0v) is 18.7. The molecule has 1 aromatic heterocycles. The molecule has 0 atom stereocenters. The number of rotatable bonds is 6. The van der Waals surface area contributed by atoms with Crippen molar-refractivity contribution >= 4 is 28.1 Å². The maximum atomic E-state index is 9.92. The number of nitrogens with one attached hydrogen (secondary N) is 1. The number of aromatic nitrogens is 2. The van der Waals surface area contributed by atoms with Crippen LogP contribution in [-0.2, 0) is 20.6 Å². The zero-order valence-electron chi connectivity index (χ0n) is 18.7. The third-order valence-corrected chi connectivity index (χ3v) is 5.66. The summed E-state index contributed by atoms with van der Waals surface area (Å²) in [6, 6.07) is 20.9. The lowest BCUT2D eigenvalue weighted by Crippen LogP contribution is -2.36. The van der Waals surface area contributed by atoms with Crippen molar-refractivity contribution in [2.75, 3.05) is 17.4 Å². The molecule has 0 aliphatic heterocycles. The molecule has 3 aromatic carbocycles. The smallest absolute Gasteiger partial charge is 0.305 e. The number of para-hydroxylation sites is 2. The number of hydrogen-bond donors (Lipinski definition) is 3. The lowest BCUT2D eigenvalue weighted by molar-refractivity contribution is -0.647. The highest BCUT2D eigenvalue weighted by Crippen LogP contribution is 2.24. The van der Waals surface area contributed by atoms with Crippen LogP contribution in [0.4, 0.5) is 11.4 Å². The molecule has 32 heavy (non-hydrogen) atoms. The summed E-state index contributed by atoms with van der Waals surface area (Å²) in [5, 5.41) is 29.3. The second-order valence-electron chi connectivity index (χ2n) is 7.85. The number of imidazole rings is 1. The lowest BCUT2D eigenvalue weighted by Gasteiger charge is -2.15. The SMILES string of the molecule is C/C(=N\N(C)c1ccc(NCc2ccc(O)cc2O)cc1)c1n(C)c2ccccc2[n+]1C. The van der Waals surface area contributed by atoms with Crippen molar-refractivity contribution < 1.29 is 14.8 Å². The Morgan fingerprint density at radius 2 is 1.78 bits per heavy atom. The van der Waals surface area contributed by atoms with Gasteiger partial charge in [0.2, 0.25) is 0 Å². The molecule has 0 spiro atoms. The minimum atomic E-state index is 0.0477. The maximum Gasteiger partial charge on any atom is 0.305 e. The Morgan fingerprint density at radius 3 is 2.47 bits per heavy atom. The summed E-state index contributed by atoms with van der Waals surface area (Å²) in [4.78, 5) is 0. The van der Waals surface area contributed by atoms with Gasteiger partial charge in [0.1, 0.15) is 17.2 Å². The normalized spacial score (nSPS) is 11.7. The van der Waals surface area contributed by atoms with E-state index in [2.05, 4.69) is 40.7 Å². The number of benzene rings is 3. The van der Waals surface area contributed by atoms with Crippen molar-refractivity contribution in [3.8, 4) is 11.5 Å². The van der Waals surface area contributed by atoms with E-state index in [-0.39, 0.29) is 11.5 Å². The summed E-state index contributed by atoms with van der Waals surface area (Å²) in [6.07, 6.45) is 0. The van der Waals surface area contributed by atoms with Gasteiger partial charge in [-0.05, 0) is 55.5 Å². The number of aryl methyl sites for hydroxylation is 2. The molecule has 1 heterocycles. The largest absolute Gasteiger partial charge is 0.508 e. The predicted octanol–water partition coefficient (Wildman–Crippen LogP) is 3.89. The highest BCUT2D eigenvalue weighted by Gasteiger charge is 2.22. The molecule has 3 N–H and O–H groups in total. The molecule has 4 aromatic rings. The molecule has 0 amide bonds. The summed E-state index contributed by atoms with van der Waals surface area (Å²) in [7, 11) is 6.05. The van der Waals surface area contributed by atoms with E-state index in [0.29, 0.717) is 12.1 Å². The molecule has 0 saturated heterocycles. The Morgan fingerprint density at radius 1 is 1.06 bits per heavy atom. The molecule has 0 unspecified atom stereocenters. The van der Waals surface area contributed by atoms with Crippen LogP contribution in [0.2, 0.25) is 0 Å². The number of nitrogens with zero attached hydrogens (tertiary/aromatic N) is 4. The standard InChI is InChI=1S/C25H27N5O2/c1-17(25-28(2)22-7-5-6-8-23(22)29(25)3)27-30(4)20-12-10-19(11-13-20)26-16-18-9-14-21(31)15-24(18)32/h5-15H,16H2,1-4H3,(H2-,26,27,31,32)/p+1. The van der Waals surface area contributed by atoms with E-state index in [1.807, 2.05) is 55.4 Å². The van der Waals surface area contributed by atoms with E-state index < -0.39 is 0 Å². The summed E-state index contributed by atoms with van der Waals surface area (Å²) < 4.78 is 4.32. The monoisotopic (exact) mass is 430 g/mol. The Balaban J connectivity index is 1.49. The van der Waals surface area contributed by atoms with Crippen molar-refractivity contribution in [2.24, 2.45) is 19.2 Å². The van der Waals surface area contributed by atoms with E-state index >= 15 is 0 Å². The van der Waals surface area contributed by atoms with Gasteiger partial charge in [-0.15, -0.1) is 0 Å². The van der Waals surface area contributed by atoms with Crippen LogP contribution in [-0.4, -0.2) is 27.5 Å². The van der Waals surface area contributed by atoms with Gasteiger partial charge < -0.3 is 15.5 Å². The zero-order chi connectivity index (χ0) is 22.8. The number of phenolic OH excluding ortho intramolecular Hbond substituents is 2. The second kappa shape index (κ2) is 8.63. The number of aromatic hydroxyl groups is 2. The molecule has 7 heteroatoms. The Kier molecular flexibility index (Phi) is 5.73. The molecular weight excluding hydrogens is 402 g/mol. The van der Waals surface area contributed by atoms with E-state index in [4.69, 9.17) is 5.10 Å². The topological polar surface area (TPSA) is 76.9 Å². The molecule has 4 rings (SSSR count). The van der Waals surface area contributed by atoms with Gasteiger partial charge >= 0.3 is 5.82 Å². The number of phenols is 2. The van der Waals surface area contributed by atoms with Gasteiger partial charge in [-0.3, -0.25) is 5.01 Å². The number of hydrogen-bond acceptors (Lipinski definition) is 5. The minimum Gasteiger partial charge on any atom is -0.508 e. The van der Waals surface area contributed by atoms with Gasteiger partial charge in [0.25, 0.3) is 0 Å². The summed E-state index contributed by atoms with van der Waals surface area (Å²) >= 11 is 0. The third-order valence-electron chi connectivity index (χ3n) is 5.66. The van der Waals surface area contributed by atoms with E-state index in [1.54, 1.807) is 12.1 Å². The van der Waals surface area contributed by atoms with Crippen LogP contribution in [0.5, 0.6) is 11.5 Å². The molecule has 164 valence electrons. The van der Waals surface area contributed by atoms with Crippen LogP contribution >= 0.6 is 0 Å². The number of anilines is 2. The summed E-state index contributed by atoms with van der Waals surface area (Å²) in [5.41, 5.74) is 5.85. The van der Waals surface area contributed by atoms with Gasteiger partial charge in [0, 0.05) is 30.9 Å². The third kappa shape index (κ3) is 4.09. The van der Waals surface area contributed by atoms with Crippen molar-refractivity contribution in [2.45, 2.75) is 13.5 Å². The molecule has 7 nitrogen and oxygen atoms in total. The molecular formula is C25H28N5O2+. The lowest BCUT2D eigenvalue weighted by atomic mass is 10.2. The van der Waals surface area contributed by atoms with Crippen molar-refractivity contribution in [1.29, 1.82) is 0 Å². The molecule has 0 fully saturated rings. The Hall–Kier alpha value is -4.00. The summed E-state index contributed by atoms with van der Waals surface area (Å²) in [6.45, 7) is 2.47. The molecule has 0 bridgehead atoms. The maximum absolute atomic E-state index is 9.92. The van der Waals surface area contributed by atoms with Crippen LogP contribution in [0.3, 0.4) is 0 Å². The van der Waals surface area contributed by atoms with Crippen molar-refractivity contribution in [1.82, 2.24) is 4.57 Å². The van der Waals surface area contributed by atoms with Gasteiger partial charge in [0.15, 0.2) is 11.0 Å². The number of hydrazone groups is 1. The highest BCUT2D eigenvalue weighted by atomic mass is 16.3. The first-order valence-electron chi connectivity index (χ1n) is 10.4. The molecule has 0 radical (unpaired) electrons. The fourth-order valence-corrected chi connectivity index (χ4v) is 3.99. The predicted molar refractivity (Wildman–Crippen MR) is 128 cm³/mol. The Labute approximate surface area is 187 Å². The molecule has 0 aliphatic carbocycles. The van der Waals surface area contributed by atoms with Crippen molar-refractivity contribution in [3.05, 3.63) is 78.1 Å². The van der Waals surface area contributed by atoms with Gasteiger partial charge in [-0.25, -0.2) is 9.13 Å². The first-order valence-corrected chi connectivity index (χ1v) is 10.4. The fraction of sp³-hybridized carbons (Fsp3) is 0.200. The van der Waals surface area contributed by atoms with Crippen LogP contribution in [0.25, 0.3) is 11.0 Å². The van der Waals surface area contributed by atoms with Crippen LogP contribution < -0.4 is 14.9 Å². The Bertz CT molecular complexity index is 1250. The quantitative estimate of drug-likeness (QED) is 0.246. The van der Waals surface area contributed by atoms with Crippen LogP contribution in [0, 0.1) is 0 Å². The van der Waals surface area contributed by atoms with E-state index in [1.165, 1.54) is 6.07 Å². The van der Waals surface area contributed by atoms with Gasteiger partial charge in [-0.1, -0.05) is 12.1 Å². The first kappa shape index (κ1) is 21.2. The van der Waals surface area contributed by atoms with Crippen LogP contribution in [0.1, 0.15) is 18.3 Å². The highest BCUT2D eigenvalue weighted by molar-refractivity contribution is 5.97. The van der Waals surface area contributed by atoms with Crippen LogP contribution in [0.15, 0.2) is 71.8 Å². The summed E-state index contributed by atoms with van der Waals surface area (Å²) in [5.74, 6) is 1.16. The fourth-order valence-electron chi connectivity index (χ4n) is 3.99. The van der Waals surface area contributed by atoms with Crippen molar-refractivity contribution in [3.63, 3.8) is 0 Å². The number of fused-ring (bicyclic) bond motifs is 1. The van der Waals surface area contributed by atoms with E-state index in [0.717, 1.165) is 33.9 Å². The van der Waals surface area contributed by atoms with E-state index in [9.17, 15) is 10.2 Å². The first-order chi connectivity index (χ1) is 15.3. The molecule has 0 saturated carbocycles. The minimum absolute atomic E-state index is 0.0477. The molecule has 0 aliphatic rings. The van der Waals surface area contributed by atoms with Gasteiger partial charge in [-0.2, -0.15) is 5.10 Å². The average Bonchev–Trinajstić information content (AvgIpc) is 3.04. The second-order valence-corrected chi connectivity index (χ2v) is 7.85. The van der Waals surface area contributed by atoms with Gasteiger partial charge in [0.05, 0.1) is 19.8 Å².